The van der Waals surface area contributed by atoms with Crippen molar-refractivity contribution in [2.75, 3.05) is 7.11 Å². The number of carbonyl (C=O) groups excluding carboxylic acids is 1. The molecule has 1 N–H and O–H groups in total. The summed E-state index contributed by atoms with van der Waals surface area (Å²) in [5.41, 5.74) is 2.13. The summed E-state index contributed by atoms with van der Waals surface area (Å²) in [4.78, 5) is 16.7. The van der Waals surface area contributed by atoms with E-state index in [1.807, 2.05) is 11.4 Å². The quantitative estimate of drug-likeness (QED) is 0.756. The lowest BCUT2D eigenvalue weighted by Gasteiger charge is -2.16. The first-order valence-electron chi connectivity index (χ1n) is 8.08. The molecule has 6 nitrogen and oxygen atoms in total. The molecule has 1 atom stereocenters. The van der Waals surface area contributed by atoms with E-state index >= 15 is 0 Å². The van der Waals surface area contributed by atoms with Crippen LogP contribution in [0.3, 0.4) is 0 Å². The molecule has 0 saturated heterocycles. The Bertz CT molecular complexity index is 998. The number of nitrogens with zero attached hydrogens (tertiary/aromatic N) is 3. The minimum Gasteiger partial charge on any atom is -0.497 e. The largest absolute Gasteiger partial charge is 0.497 e. The summed E-state index contributed by atoms with van der Waals surface area (Å²) in [6.07, 6.45) is -3.32. The zero-order valence-corrected chi connectivity index (χ0v) is 14.8. The molecule has 142 valence electrons. The number of aromatic nitrogens is 3. The van der Waals surface area contributed by atoms with E-state index in [1.165, 1.54) is 10.7 Å². The first kappa shape index (κ1) is 18.7. The van der Waals surface area contributed by atoms with Gasteiger partial charge in [-0.05, 0) is 32.0 Å². The number of halogens is 3. The van der Waals surface area contributed by atoms with Crippen LogP contribution in [0.2, 0.25) is 0 Å². The third-order valence-electron chi connectivity index (χ3n) is 4.10. The predicted molar refractivity (Wildman–Crippen MR) is 92.7 cm³/mol. The minimum absolute atomic E-state index is 0.0288. The number of hydrogen-bond donors (Lipinski definition) is 1. The van der Waals surface area contributed by atoms with Crippen LogP contribution in [0.15, 0.2) is 36.5 Å². The Kier molecular flexibility index (Phi) is 4.77. The Balaban J connectivity index is 2.03. The Morgan fingerprint density at radius 3 is 2.70 bits per heavy atom. The number of fused-ring (bicyclic) bond motifs is 1. The summed E-state index contributed by atoms with van der Waals surface area (Å²) in [5, 5.41) is 6.00. The Morgan fingerprint density at radius 2 is 2.04 bits per heavy atom. The van der Waals surface area contributed by atoms with E-state index in [0.717, 1.165) is 12.5 Å². The first-order valence-corrected chi connectivity index (χ1v) is 8.08. The van der Waals surface area contributed by atoms with Gasteiger partial charge in [-0.25, -0.2) is 9.50 Å². The molecule has 2 aromatic heterocycles. The molecule has 0 aliphatic carbocycles. The standard InChI is InChI=1S/C18H17F3N4O2/c1-10-7-15(12-5-4-6-13(8-12)27-3)24-16-14(9-22-25(10)16)17(26)23-11(2)18(19,20)21/h4-9,11H,1-3H3,(H,23,26)/t11-/m0/s1. The molecule has 3 rings (SSSR count). The molecule has 0 fully saturated rings. The zero-order chi connectivity index (χ0) is 19.8. The maximum absolute atomic E-state index is 12.7. The number of rotatable bonds is 4. The number of methoxy groups -OCH3 is 1. The highest BCUT2D eigenvalue weighted by Gasteiger charge is 2.37. The third kappa shape index (κ3) is 3.71. The van der Waals surface area contributed by atoms with Gasteiger partial charge in [0, 0.05) is 11.3 Å². The highest BCUT2D eigenvalue weighted by Crippen LogP contribution is 2.25. The van der Waals surface area contributed by atoms with Crippen molar-refractivity contribution in [2.45, 2.75) is 26.1 Å². The van der Waals surface area contributed by atoms with E-state index in [1.54, 1.807) is 38.3 Å². The molecule has 2 heterocycles. The fourth-order valence-corrected chi connectivity index (χ4v) is 2.56. The van der Waals surface area contributed by atoms with Gasteiger partial charge in [0.25, 0.3) is 5.91 Å². The second kappa shape index (κ2) is 6.90. The number of carbonyl (C=O) groups is 1. The van der Waals surface area contributed by atoms with Crippen molar-refractivity contribution in [1.29, 1.82) is 0 Å². The molecule has 0 spiro atoms. The number of benzene rings is 1. The van der Waals surface area contributed by atoms with Crippen molar-refractivity contribution in [1.82, 2.24) is 19.9 Å². The third-order valence-corrected chi connectivity index (χ3v) is 4.10. The number of hydrogen-bond acceptors (Lipinski definition) is 4. The SMILES string of the molecule is COc1cccc(-c2cc(C)n3ncc(C(=O)N[C@@H](C)C(F)(F)F)c3n2)c1. The van der Waals surface area contributed by atoms with E-state index in [2.05, 4.69) is 10.1 Å². The Morgan fingerprint density at radius 1 is 1.30 bits per heavy atom. The molecule has 1 aromatic carbocycles. The molecule has 27 heavy (non-hydrogen) atoms. The number of nitrogens with one attached hydrogen (secondary N) is 1. The molecule has 1 amide bonds. The van der Waals surface area contributed by atoms with Crippen molar-refractivity contribution >= 4 is 11.6 Å². The van der Waals surface area contributed by atoms with Crippen LogP contribution >= 0.6 is 0 Å². The van der Waals surface area contributed by atoms with Crippen LogP contribution < -0.4 is 10.1 Å². The number of amides is 1. The van der Waals surface area contributed by atoms with Crippen molar-refractivity contribution < 1.29 is 22.7 Å². The second-order valence-electron chi connectivity index (χ2n) is 6.05. The summed E-state index contributed by atoms with van der Waals surface area (Å²) in [6, 6.07) is 6.97. The van der Waals surface area contributed by atoms with E-state index in [4.69, 9.17) is 4.74 Å². The van der Waals surface area contributed by atoms with Gasteiger partial charge in [0.05, 0.1) is 19.0 Å². The van der Waals surface area contributed by atoms with Gasteiger partial charge in [-0.15, -0.1) is 0 Å². The highest BCUT2D eigenvalue weighted by molar-refractivity contribution is 6.00. The van der Waals surface area contributed by atoms with Gasteiger partial charge in [0.2, 0.25) is 0 Å². The average Bonchev–Trinajstić information content (AvgIpc) is 3.05. The number of alkyl halides is 3. The summed E-state index contributed by atoms with van der Waals surface area (Å²) in [6.45, 7) is 2.65. The lowest BCUT2D eigenvalue weighted by atomic mass is 10.1. The monoisotopic (exact) mass is 378 g/mol. The van der Waals surface area contributed by atoms with Gasteiger partial charge in [-0.2, -0.15) is 18.3 Å². The number of aryl methyl sites for hydroxylation is 1. The van der Waals surface area contributed by atoms with Crippen molar-refractivity contribution in [3.63, 3.8) is 0 Å². The van der Waals surface area contributed by atoms with E-state index in [-0.39, 0.29) is 11.2 Å². The van der Waals surface area contributed by atoms with Gasteiger partial charge in [0.1, 0.15) is 17.4 Å². The highest BCUT2D eigenvalue weighted by atomic mass is 19.4. The maximum atomic E-state index is 12.7. The molecule has 0 unspecified atom stereocenters. The molecule has 9 heteroatoms. The lowest BCUT2D eigenvalue weighted by molar-refractivity contribution is -0.149. The summed E-state index contributed by atoms with van der Waals surface area (Å²) in [7, 11) is 1.54. The van der Waals surface area contributed by atoms with Crippen LogP contribution in [-0.4, -0.2) is 39.8 Å². The van der Waals surface area contributed by atoms with E-state index in [9.17, 15) is 18.0 Å². The normalized spacial score (nSPS) is 12.8. The predicted octanol–water partition coefficient (Wildman–Crippen LogP) is 3.39. The smallest absolute Gasteiger partial charge is 0.408 e. The van der Waals surface area contributed by atoms with Gasteiger partial charge in [-0.3, -0.25) is 4.79 Å². The maximum Gasteiger partial charge on any atom is 0.408 e. The fraction of sp³-hybridized carbons (Fsp3) is 0.278. The van der Waals surface area contributed by atoms with Gasteiger partial charge in [-0.1, -0.05) is 12.1 Å². The van der Waals surface area contributed by atoms with Crippen LogP contribution in [0.5, 0.6) is 5.75 Å². The zero-order valence-electron chi connectivity index (χ0n) is 14.8. The van der Waals surface area contributed by atoms with Gasteiger partial charge < -0.3 is 10.1 Å². The second-order valence-corrected chi connectivity index (χ2v) is 6.05. The van der Waals surface area contributed by atoms with Crippen LogP contribution in [0, 0.1) is 6.92 Å². The molecule has 0 radical (unpaired) electrons. The molecule has 0 aliphatic heterocycles. The van der Waals surface area contributed by atoms with Crippen LogP contribution in [0.25, 0.3) is 16.9 Å². The van der Waals surface area contributed by atoms with Crippen LogP contribution in [0.1, 0.15) is 23.0 Å². The Labute approximate surface area is 153 Å². The van der Waals surface area contributed by atoms with Crippen LogP contribution in [0.4, 0.5) is 13.2 Å². The molecular weight excluding hydrogens is 361 g/mol. The van der Waals surface area contributed by atoms with Gasteiger partial charge in [0.15, 0.2) is 5.65 Å². The van der Waals surface area contributed by atoms with Crippen LogP contribution in [-0.2, 0) is 0 Å². The molecule has 3 aromatic rings. The fourth-order valence-electron chi connectivity index (χ4n) is 2.56. The summed E-state index contributed by atoms with van der Waals surface area (Å²) < 4.78 is 44.8. The summed E-state index contributed by atoms with van der Waals surface area (Å²) in [5.74, 6) is -0.248. The minimum atomic E-state index is -4.53. The topological polar surface area (TPSA) is 68.5 Å². The van der Waals surface area contributed by atoms with Gasteiger partial charge >= 0.3 is 6.18 Å². The van der Waals surface area contributed by atoms with E-state index in [0.29, 0.717) is 17.1 Å². The molecule has 0 bridgehead atoms. The number of ether oxygens (including phenoxy) is 1. The molecule has 0 aliphatic rings. The molecule has 0 saturated carbocycles. The van der Waals surface area contributed by atoms with Crippen molar-refractivity contribution in [2.24, 2.45) is 0 Å². The van der Waals surface area contributed by atoms with E-state index < -0.39 is 18.1 Å². The van der Waals surface area contributed by atoms with Crippen molar-refractivity contribution in [3.8, 4) is 17.0 Å². The lowest BCUT2D eigenvalue weighted by Crippen LogP contribution is -2.43. The average molecular weight is 378 g/mol. The molecular formula is C18H17F3N4O2. The first-order chi connectivity index (χ1) is 12.7. The summed E-state index contributed by atoms with van der Waals surface area (Å²) >= 11 is 0. The Hall–Kier alpha value is -3.10. The van der Waals surface area contributed by atoms with Crippen molar-refractivity contribution in [3.05, 3.63) is 47.8 Å².